The quantitative estimate of drug-likeness (QED) is 0.513. The summed E-state index contributed by atoms with van der Waals surface area (Å²) in [5.41, 5.74) is 0.443. The van der Waals surface area contributed by atoms with Gasteiger partial charge in [-0.25, -0.2) is 14.1 Å². The minimum Gasteiger partial charge on any atom is -0.494 e. The van der Waals surface area contributed by atoms with Crippen molar-refractivity contribution in [1.82, 2.24) is 5.32 Å². The molecule has 2 aromatic carbocycles. The van der Waals surface area contributed by atoms with Crippen molar-refractivity contribution in [2.24, 2.45) is 0 Å². The van der Waals surface area contributed by atoms with Gasteiger partial charge in [0.05, 0.1) is 21.7 Å². The molecule has 0 saturated carbocycles. The van der Waals surface area contributed by atoms with Crippen LogP contribution >= 0.6 is 31.9 Å². The lowest BCUT2D eigenvalue weighted by Gasteiger charge is -2.26. The maximum absolute atomic E-state index is 13.1. The van der Waals surface area contributed by atoms with Gasteiger partial charge in [0.1, 0.15) is 17.1 Å². The Morgan fingerprint density at radius 3 is 2.22 bits per heavy atom. The van der Waals surface area contributed by atoms with Crippen LogP contribution in [0.15, 0.2) is 50.9 Å². The molecule has 0 spiro atoms. The topological polar surface area (TPSA) is 75.7 Å². The highest BCUT2D eigenvalue weighted by molar-refractivity contribution is 9.11. The van der Waals surface area contributed by atoms with Gasteiger partial charge in [-0.2, -0.15) is 0 Å². The minimum absolute atomic E-state index is 0.148. The summed E-state index contributed by atoms with van der Waals surface area (Å²) in [4.78, 5) is 37.8. The number of ether oxygens (including phenoxy) is 1. The van der Waals surface area contributed by atoms with Gasteiger partial charge in [-0.3, -0.25) is 14.9 Å². The largest absolute Gasteiger partial charge is 0.494 e. The van der Waals surface area contributed by atoms with Gasteiger partial charge in [0.25, 0.3) is 11.8 Å². The molecule has 0 aliphatic carbocycles. The van der Waals surface area contributed by atoms with Crippen molar-refractivity contribution in [2.75, 3.05) is 12.0 Å². The van der Waals surface area contributed by atoms with Gasteiger partial charge in [-0.15, -0.1) is 0 Å². The molecule has 0 unspecified atom stereocenters. The van der Waals surface area contributed by atoms with Crippen LogP contribution in [0.2, 0.25) is 0 Å². The van der Waals surface area contributed by atoms with Crippen LogP contribution in [-0.4, -0.2) is 25.0 Å². The summed E-state index contributed by atoms with van der Waals surface area (Å²) in [5, 5.41) is 2.11. The monoisotopic (exact) mass is 496 g/mol. The number of anilines is 1. The Labute approximate surface area is 170 Å². The second-order valence-corrected chi connectivity index (χ2v) is 7.16. The van der Waals surface area contributed by atoms with Gasteiger partial charge in [0.2, 0.25) is 0 Å². The summed E-state index contributed by atoms with van der Waals surface area (Å²) >= 11 is 6.70. The predicted molar refractivity (Wildman–Crippen MR) is 104 cm³/mol. The molecule has 0 atom stereocenters. The first-order valence-corrected chi connectivity index (χ1v) is 9.10. The van der Waals surface area contributed by atoms with E-state index in [1.807, 2.05) is 0 Å². The second-order valence-electron chi connectivity index (χ2n) is 5.45. The van der Waals surface area contributed by atoms with E-state index in [9.17, 15) is 18.8 Å². The van der Waals surface area contributed by atoms with Crippen molar-refractivity contribution >= 4 is 61.5 Å². The Kier molecular flexibility index (Phi) is 5.43. The molecule has 0 bridgehead atoms. The third kappa shape index (κ3) is 3.79. The number of carbonyl (C=O) groups excluding carboxylic acids is 3. The van der Waals surface area contributed by atoms with E-state index >= 15 is 0 Å². The van der Waals surface area contributed by atoms with Crippen molar-refractivity contribution in [1.29, 1.82) is 0 Å². The van der Waals surface area contributed by atoms with Crippen LogP contribution < -0.4 is 15.0 Å². The molecule has 2 aromatic rings. The highest BCUT2D eigenvalue weighted by Gasteiger charge is 2.36. The number of rotatable bonds is 3. The highest BCUT2D eigenvalue weighted by Crippen LogP contribution is 2.35. The smallest absolute Gasteiger partial charge is 0.335 e. The average Bonchev–Trinajstić information content (AvgIpc) is 2.60. The van der Waals surface area contributed by atoms with Gasteiger partial charge in [0, 0.05) is 0 Å². The Balaban J connectivity index is 2.03. The first kappa shape index (κ1) is 19.2. The van der Waals surface area contributed by atoms with Crippen molar-refractivity contribution in [3.05, 3.63) is 62.3 Å². The van der Waals surface area contributed by atoms with E-state index in [4.69, 9.17) is 4.74 Å². The Morgan fingerprint density at radius 1 is 1.07 bits per heavy atom. The summed E-state index contributed by atoms with van der Waals surface area (Å²) < 4.78 is 19.6. The van der Waals surface area contributed by atoms with E-state index in [1.165, 1.54) is 25.3 Å². The lowest BCUT2D eigenvalue weighted by atomic mass is 10.1. The zero-order valence-corrected chi connectivity index (χ0v) is 16.9. The number of hydrogen-bond donors (Lipinski definition) is 1. The van der Waals surface area contributed by atoms with E-state index in [2.05, 4.69) is 37.2 Å². The Morgan fingerprint density at radius 2 is 1.67 bits per heavy atom. The number of urea groups is 1. The normalized spacial score (nSPS) is 15.9. The van der Waals surface area contributed by atoms with Gasteiger partial charge >= 0.3 is 6.03 Å². The molecule has 27 heavy (non-hydrogen) atoms. The molecule has 138 valence electrons. The van der Waals surface area contributed by atoms with E-state index in [0.717, 1.165) is 17.0 Å². The number of benzene rings is 2. The summed E-state index contributed by atoms with van der Waals surface area (Å²) in [5.74, 6) is -1.58. The molecule has 1 aliphatic rings. The summed E-state index contributed by atoms with van der Waals surface area (Å²) in [6.45, 7) is 0. The van der Waals surface area contributed by atoms with Gasteiger partial charge in [-0.1, -0.05) is 0 Å². The van der Waals surface area contributed by atoms with Crippen molar-refractivity contribution in [3.8, 4) is 5.75 Å². The summed E-state index contributed by atoms with van der Waals surface area (Å²) in [6.07, 6.45) is 1.36. The molecular weight excluding hydrogens is 487 g/mol. The molecule has 0 aromatic heterocycles. The van der Waals surface area contributed by atoms with Gasteiger partial charge < -0.3 is 4.74 Å². The van der Waals surface area contributed by atoms with Crippen LogP contribution in [0.25, 0.3) is 6.08 Å². The molecule has 1 N–H and O–H groups in total. The molecule has 1 heterocycles. The fourth-order valence-corrected chi connectivity index (χ4v) is 4.05. The van der Waals surface area contributed by atoms with Crippen LogP contribution in [0, 0.1) is 5.82 Å². The van der Waals surface area contributed by atoms with E-state index in [0.29, 0.717) is 20.3 Å². The number of nitrogens with zero attached hydrogens (tertiary/aromatic N) is 1. The fourth-order valence-electron chi connectivity index (χ4n) is 2.51. The number of hydrogen-bond acceptors (Lipinski definition) is 4. The number of barbiturate groups is 1. The second kappa shape index (κ2) is 7.61. The molecule has 0 radical (unpaired) electrons. The third-order valence-electron chi connectivity index (χ3n) is 3.72. The van der Waals surface area contributed by atoms with Crippen LogP contribution in [0.4, 0.5) is 14.9 Å². The first-order chi connectivity index (χ1) is 12.8. The molecular formula is C18H11Br2FN2O4. The van der Waals surface area contributed by atoms with E-state index < -0.39 is 23.7 Å². The molecule has 4 amide bonds. The van der Waals surface area contributed by atoms with Gasteiger partial charge in [-0.05, 0) is 79.9 Å². The molecule has 1 saturated heterocycles. The maximum atomic E-state index is 13.1. The third-order valence-corrected chi connectivity index (χ3v) is 4.90. The number of halogens is 3. The molecule has 1 fully saturated rings. The van der Waals surface area contributed by atoms with Crippen molar-refractivity contribution in [2.45, 2.75) is 0 Å². The number of imide groups is 2. The number of carbonyl (C=O) groups is 3. The lowest BCUT2D eigenvalue weighted by Crippen LogP contribution is -2.54. The SMILES string of the molecule is COc1c(Br)cc(/C=C2\C(=O)NC(=O)N(c3ccc(F)cc3)C2=O)cc1Br. The molecule has 9 heteroatoms. The van der Waals surface area contributed by atoms with E-state index in [-0.39, 0.29) is 11.3 Å². The predicted octanol–water partition coefficient (Wildman–Crippen LogP) is 4.03. The average molecular weight is 498 g/mol. The zero-order valence-electron chi connectivity index (χ0n) is 13.8. The number of amides is 4. The van der Waals surface area contributed by atoms with E-state index in [1.54, 1.807) is 12.1 Å². The molecule has 6 nitrogen and oxygen atoms in total. The van der Waals surface area contributed by atoms with Crippen LogP contribution in [0.1, 0.15) is 5.56 Å². The highest BCUT2D eigenvalue weighted by atomic mass is 79.9. The lowest BCUT2D eigenvalue weighted by molar-refractivity contribution is -0.122. The Bertz CT molecular complexity index is 966. The van der Waals surface area contributed by atoms with Crippen molar-refractivity contribution < 1.29 is 23.5 Å². The minimum atomic E-state index is -0.897. The summed E-state index contributed by atoms with van der Waals surface area (Å²) in [6, 6.07) is 7.22. The van der Waals surface area contributed by atoms with Crippen LogP contribution in [0.5, 0.6) is 5.75 Å². The van der Waals surface area contributed by atoms with Crippen LogP contribution in [-0.2, 0) is 9.59 Å². The Hall–Kier alpha value is -2.52. The first-order valence-electron chi connectivity index (χ1n) is 7.52. The van der Waals surface area contributed by atoms with Gasteiger partial charge in [0.15, 0.2) is 0 Å². The zero-order chi connectivity index (χ0) is 19.7. The standard InChI is InChI=1S/C18H11Br2FN2O4/c1-27-15-13(19)7-9(8-14(15)20)6-12-16(24)22-18(26)23(17(12)25)11-4-2-10(21)3-5-11/h2-8H,1H3,(H,22,24,26)/b12-6+. The maximum Gasteiger partial charge on any atom is 0.335 e. The van der Waals surface area contributed by atoms with Crippen molar-refractivity contribution in [3.63, 3.8) is 0 Å². The number of nitrogens with one attached hydrogen (secondary N) is 1. The summed E-state index contributed by atoms with van der Waals surface area (Å²) in [7, 11) is 1.51. The number of methoxy groups -OCH3 is 1. The van der Waals surface area contributed by atoms with Crippen LogP contribution in [0.3, 0.4) is 0 Å². The molecule has 1 aliphatic heterocycles. The molecule has 3 rings (SSSR count). The fraction of sp³-hybridized carbons (Fsp3) is 0.0556.